The van der Waals surface area contributed by atoms with E-state index in [4.69, 9.17) is 10.3 Å². The molecule has 7 heteroatoms. The lowest BCUT2D eigenvalue weighted by molar-refractivity contribution is 0.0595. The molecule has 1 aliphatic heterocycles. The van der Waals surface area contributed by atoms with Crippen molar-refractivity contribution in [2.75, 3.05) is 6.54 Å². The monoisotopic (exact) mass is 410 g/mol. The lowest BCUT2D eigenvalue weighted by atomic mass is 9.93. The van der Waals surface area contributed by atoms with E-state index in [2.05, 4.69) is 10.5 Å². The van der Waals surface area contributed by atoms with E-state index >= 15 is 0 Å². The molecule has 160 valence electrons. The minimum absolute atomic E-state index is 0.00366. The Morgan fingerprint density at radius 3 is 2.67 bits per heavy atom. The Morgan fingerprint density at radius 1 is 1.23 bits per heavy atom. The number of hydrogen-bond acceptors (Lipinski definition) is 5. The first kappa shape index (κ1) is 20.6. The van der Waals surface area contributed by atoms with Crippen molar-refractivity contribution in [3.63, 3.8) is 0 Å². The zero-order valence-electron chi connectivity index (χ0n) is 17.9. The third-order valence-corrected chi connectivity index (χ3v) is 6.07. The largest absolute Gasteiger partial charge is 0.360 e. The zero-order valence-corrected chi connectivity index (χ0v) is 17.9. The van der Waals surface area contributed by atoms with Gasteiger partial charge in [-0.05, 0) is 64.2 Å². The van der Waals surface area contributed by atoms with E-state index in [1.54, 1.807) is 6.07 Å². The second kappa shape index (κ2) is 7.87. The summed E-state index contributed by atoms with van der Waals surface area (Å²) < 4.78 is 5.28. The molecule has 2 aliphatic rings. The summed E-state index contributed by atoms with van der Waals surface area (Å²) in [6, 6.07) is 9.31. The van der Waals surface area contributed by atoms with E-state index in [1.807, 2.05) is 49.9 Å². The van der Waals surface area contributed by atoms with Crippen LogP contribution in [0.2, 0.25) is 0 Å². The minimum Gasteiger partial charge on any atom is -0.360 e. The van der Waals surface area contributed by atoms with Crippen LogP contribution in [0.1, 0.15) is 84.5 Å². The summed E-state index contributed by atoms with van der Waals surface area (Å²) in [6.45, 7) is 6.47. The SMILES string of the molecule is C[C@@H]1C[C@@H](NC(=O)c2cc(C3CC3)on2)CCN1C(=O)c1cccc(C(C)(C)N)c1. The van der Waals surface area contributed by atoms with Gasteiger partial charge in [0.1, 0.15) is 5.76 Å². The highest BCUT2D eigenvalue weighted by Crippen LogP contribution is 2.40. The number of carbonyl (C=O) groups is 2. The Balaban J connectivity index is 1.36. The predicted octanol–water partition coefficient (Wildman–Crippen LogP) is 3.17. The number of likely N-dealkylation sites (tertiary alicyclic amines) is 1. The van der Waals surface area contributed by atoms with Crippen molar-refractivity contribution >= 4 is 11.8 Å². The van der Waals surface area contributed by atoms with E-state index in [1.165, 1.54) is 0 Å². The molecule has 2 aromatic rings. The number of benzene rings is 1. The molecule has 0 bridgehead atoms. The fourth-order valence-electron chi connectivity index (χ4n) is 4.04. The maximum Gasteiger partial charge on any atom is 0.273 e. The van der Waals surface area contributed by atoms with Crippen LogP contribution in [0.25, 0.3) is 0 Å². The first-order valence-electron chi connectivity index (χ1n) is 10.7. The molecule has 30 heavy (non-hydrogen) atoms. The van der Waals surface area contributed by atoms with Crippen LogP contribution in [-0.4, -0.2) is 40.5 Å². The van der Waals surface area contributed by atoms with Gasteiger partial charge in [-0.15, -0.1) is 0 Å². The minimum atomic E-state index is -0.500. The first-order valence-corrected chi connectivity index (χ1v) is 10.7. The Morgan fingerprint density at radius 2 is 2.00 bits per heavy atom. The number of rotatable bonds is 5. The van der Waals surface area contributed by atoms with Crippen molar-refractivity contribution in [2.24, 2.45) is 5.73 Å². The summed E-state index contributed by atoms with van der Waals surface area (Å²) in [5, 5.41) is 6.96. The summed E-state index contributed by atoms with van der Waals surface area (Å²) in [4.78, 5) is 27.5. The molecular formula is C23H30N4O3. The van der Waals surface area contributed by atoms with Crippen molar-refractivity contribution in [3.05, 3.63) is 52.9 Å². The number of nitrogens with zero attached hydrogens (tertiary/aromatic N) is 2. The molecule has 4 rings (SSSR count). The van der Waals surface area contributed by atoms with Gasteiger partial charge in [-0.2, -0.15) is 0 Å². The summed E-state index contributed by atoms with van der Waals surface area (Å²) in [6.07, 6.45) is 3.61. The van der Waals surface area contributed by atoms with Crippen LogP contribution < -0.4 is 11.1 Å². The predicted molar refractivity (Wildman–Crippen MR) is 113 cm³/mol. The Hall–Kier alpha value is -2.67. The second-order valence-electron chi connectivity index (χ2n) is 9.23. The van der Waals surface area contributed by atoms with Gasteiger partial charge >= 0.3 is 0 Å². The number of aromatic nitrogens is 1. The maximum atomic E-state index is 13.1. The van der Waals surface area contributed by atoms with Gasteiger partial charge in [0.15, 0.2) is 5.69 Å². The van der Waals surface area contributed by atoms with Crippen LogP contribution in [-0.2, 0) is 5.54 Å². The quantitative estimate of drug-likeness (QED) is 0.788. The number of piperidine rings is 1. The highest BCUT2D eigenvalue weighted by atomic mass is 16.5. The third-order valence-electron chi connectivity index (χ3n) is 6.07. The van der Waals surface area contributed by atoms with Crippen molar-refractivity contribution < 1.29 is 14.1 Å². The molecule has 1 aliphatic carbocycles. The molecule has 2 amide bonds. The van der Waals surface area contributed by atoms with Crippen LogP contribution in [0.3, 0.4) is 0 Å². The average molecular weight is 411 g/mol. The molecule has 0 unspecified atom stereocenters. The Labute approximate surface area is 177 Å². The molecular weight excluding hydrogens is 380 g/mol. The molecule has 0 spiro atoms. The molecule has 1 saturated carbocycles. The number of hydrogen-bond donors (Lipinski definition) is 2. The van der Waals surface area contributed by atoms with Crippen LogP contribution in [0.4, 0.5) is 0 Å². The van der Waals surface area contributed by atoms with Gasteiger partial charge in [0.05, 0.1) is 0 Å². The van der Waals surface area contributed by atoms with Crippen LogP contribution in [0.15, 0.2) is 34.9 Å². The van der Waals surface area contributed by atoms with E-state index in [9.17, 15) is 9.59 Å². The number of carbonyl (C=O) groups excluding carboxylic acids is 2. The van der Waals surface area contributed by atoms with Crippen LogP contribution in [0, 0.1) is 0 Å². The number of nitrogens with one attached hydrogen (secondary N) is 1. The molecule has 2 fully saturated rings. The fourth-order valence-corrected chi connectivity index (χ4v) is 4.04. The van der Waals surface area contributed by atoms with E-state index in [-0.39, 0.29) is 23.9 Å². The van der Waals surface area contributed by atoms with Crippen molar-refractivity contribution in [1.29, 1.82) is 0 Å². The van der Waals surface area contributed by atoms with Crippen LogP contribution >= 0.6 is 0 Å². The van der Waals surface area contributed by atoms with E-state index in [0.717, 1.165) is 24.2 Å². The lowest BCUT2D eigenvalue weighted by Gasteiger charge is -2.38. The molecule has 2 heterocycles. The molecule has 2 atom stereocenters. The molecule has 3 N–H and O–H groups in total. The molecule has 1 saturated heterocycles. The van der Waals surface area contributed by atoms with Gasteiger partial charge in [0.2, 0.25) is 0 Å². The Bertz CT molecular complexity index is 942. The summed E-state index contributed by atoms with van der Waals surface area (Å²) in [5.41, 5.74) is 7.61. The van der Waals surface area contributed by atoms with Gasteiger partial charge in [-0.3, -0.25) is 9.59 Å². The lowest BCUT2D eigenvalue weighted by Crippen LogP contribution is -2.51. The van der Waals surface area contributed by atoms with E-state index < -0.39 is 5.54 Å². The van der Waals surface area contributed by atoms with Crippen molar-refractivity contribution in [3.8, 4) is 0 Å². The summed E-state index contributed by atoms with van der Waals surface area (Å²) in [5.74, 6) is 1.03. The van der Waals surface area contributed by atoms with Crippen LogP contribution in [0.5, 0.6) is 0 Å². The number of amides is 2. The fraction of sp³-hybridized carbons (Fsp3) is 0.522. The summed E-state index contributed by atoms with van der Waals surface area (Å²) >= 11 is 0. The number of nitrogens with two attached hydrogens (primary N) is 1. The van der Waals surface area contributed by atoms with Gasteiger partial charge < -0.3 is 20.5 Å². The molecule has 0 radical (unpaired) electrons. The van der Waals surface area contributed by atoms with Crippen molar-refractivity contribution in [2.45, 2.75) is 70.0 Å². The first-order chi connectivity index (χ1) is 14.2. The zero-order chi connectivity index (χ0) is 21.5. The smallest absolute Gasteiger partial charge is 0.273 e. The average Bonchev–Trinajstić information content (AvgIpc) is 3.43. The van der Waals surface area contributed by atoms with E-state index in [0.29, 0.717) is 36.6 Å². The van der Waals surface area contributed by atoms with Gasteiger partial charge in [0.25, 0.3) is 11.8 Å². The van der Waals surface area contributed by atoms with Gasteiger partial charge in [-0.25, -0.2) is 0 Å². The summed E-state index contributed by atoms with van der Waals surface area (Å²) in [7, 11) is 0. The van der Waals surface area contributed by atoms with Crippen molar-refractivity contribution in [1.82, 2.24) is 15.4 Å². The van der Waals surface area contributed by atoms with Gasteiger partial charge in [0, 0.05) is 41.7 Å². The second-order valence-corrected chi connectivity index (χ2v) is 9.23. The molecule has 7 nitrogen and oxygen atoms in total. The molecule has 1 aromatic heterocycles. The maximum absolute atomic E-state index is 13.1. The third kappa shape index (κ3) is 4.41. The normalized spacial score (nSPS) is 22.1. The standard InChI is InChI=1S/C23H30N4O3/c1-14-11-18(25-21(28)19-13-20(30-26-19)15-7-8-15)9-10-27(14)22(29)16-5-4-6-17(12-16)23(2,3)24/h4-6,12-15,18H,7-11,24H2,1-3H3,(H,25,28)/t14-,18+/m1/s1. The topological polar surface area (TPSA) is 101 Å². The highest BCUT2D eigenvalue weighted by molar-refractivity contribution is 5.95. The highest BCUT2D eigenvalue weighted by Gasteiger charge is 2.32. The van der Waals surface area contributed by atoms with Gasteiger partial charge in [-0.1, -0.05) is 17.3 Å². The Kier molecular flexibility index (Phi) is 5.40. The molecule has 1 aromatic carbocycles.